The molecule has 0 aromatic heterocycles. The molecule has 0 aliphatic rings. The van der Waals surface area contributed by atoms with E-state index in [2.05, 4.69) is 0 Å². The first kappa shape index (κ1) is 21.1. The van der Waals surface area contributed by atoms with Crippen LogP contribution in [0.2, 0.25) is 0 Å². The summed E-state index contributed by atoms with van der Waals surface area (Å²) in [5.41, 5.74) is 22.6. The number of rotatable bonds is 14. The summed E-state index contributed by atoms with van der Waals surface area (Å²) in [6.45, 7) is 2.00. The van der Waals surface area contributed by atoms with E-state index >= 15 is 0 Å². The van der Waals surface area contributed by atoms with Crippen molar-refractivity contribution in [3.8, 4) is 0 Å². The summed E-state index contributed by atoms with van der Waals surface area (Å²) in [4.78, 5) is 11.3. The highest BCUT2D eigenvalue weighted by Crippen LogP contribution is 2.04. The number of carbonyl (C=O) groups excluding carboxylic acids is 1. The molecule has 8 N–H and O–H groups in total. The monoisotopic (exact) mass is 318 g/mol. The standard InChI is InChI=1S/C15H34N4O3/c16-9-1-5-13(18)7-3-11-21-15(20)22-12-4-8-14(19)6-2-10-17/h13-14H,1-12,16-19H2. The minimum atomic E-state index is -0.619. The molecule has 7 nitrogen and oxygen atoms in total. The third kappa shape index (κ3) is 14.1. The van der Waals surface area contributed by atoms with E-state index in [9.17, 15) is 4.79 Å². The minimum Gasteiger partial charge on any atom is -0.434 e. The number of nitrogens with two attached hydrogens (primary N) is 4. The number of hydrogen-bond acceptors (Lipinski definition) is 7. The molecule has 0 radical (unpaired) electrons. The molecule has 0 amide bonds. The summed E-state index contributed by atoms with van der Waals surface area (Å²) in [6, 6.07) is 0.247. The van der Waals surface area contributed by atoms with Crippen molar-refractivity contribution in [2.24, 2.45) is 22.9 Å². The third-order valence-electron chi connectivity index (χ3n) is 3.44. The van der Waals surface area contributed by atoms with Gasteiger partial charge in [0.25, 0.3) is 0 Å². The summed E-state index contributed by atoms with van der Waals surface area (Å²) in [5, 5.41) is 0. The molecular formula is C15H34N4O3. The maximum atomic E-state index is 11.3. The van der Waals surface area contributed by atoms with Crippen molar-refractivity contribution in [1.82, 2.24) is 0 Å². The van der Waals surface area contributed by atoms with E-state index in [1.807, 2.05) is 0 Å². The van der Waals surface area contributed by atoms with Gasteiger partial charge in [-0.15, -0.1) is 0 Å². The molecule has 0 aromatic rings. The highest BCUT2D eigenvalue weighted by atomic mass is 16.7. The van der Waals surface area contributed by atoms with Gasteiger partial charge >= 0.3 is 6.16 Å². The zero-order valence-corrected chi connectivity index (χ0v) is 13.7. The van der Waals surface area contributed by atoms with Crippen LogP contribution in [-0.4, -0.2) is 44.5 Å². The van der Waals surface area contributed by atoms with Gasteiger partial charge in [0, 0.05) is 12.1 Å². The van der Waals surface area contributed by atoms with Crippen LogP contribution in [0.3, 0.4) is 0 Å². The second kappa shape index (κ2) is 15.0. The van der Waals surface area contributed by atoms with Gasteiger partial charge in [0.1, 0.15) is 0 Å². The zero-order valence-electron chi connectivity index (χ0n) is 13.7. The van der Waals surface area contributed by atoms with E-state index < -0.39 is 6.16 Å². The van der Waals surface area contributed by atoms with E-state index in [0.717, 1.165) is 51.4 Å². The molecule has 22 heavy (non-hydrogen) atoms. The molecule has 0 aliphatic carbocycles. The molecule has 0 fully saturated rings. The molecular weight excluding hydrogens is 284 g/mol. The van der Waals surface area contributed by atoms with Crippen molar-refractivity contribution < 1.29 is 14.3 Å². The maximum absolute atomic E-state index is 11.3. The normalized spacial score (nSPS) is 13.6. The van der Waals surface area contributed by atoms with Crippen molar-refractivity contribution in [3.63, 3.8) is 0 Å². The summed E-state index contributed by atoms with van der Waals surface area (Å²) in [5.74, 6) is 0. The van der Waals surface area contributed by atoms with Gasteiger partial charge in [-0.3, -0.25) is 0 Å². The first-order chi connectivity index (χ1) is 10.6. The molecule has 2 unspecified atom stereocenters. The molecule has 0 bridgehead atoms. The Bertz CT molecular complexity index is 243. The van der Waals surface area contributed by atoms with Gasteiger partial charge in [-0.2, -0.15) is 0 Å². The zero-order chi connectivity index (χ0) is 16.6. The van der Waals surface area contributed by atoms with E-state index in [1.54, 1.807) is 0 Å². The Morgan fingerprint density at radius 3 is 1.45 bits per heavy atom. The Morgan fingerprint density at radius 1 is 0.727 bits per heavy atom. The Morgan fingerprint density at radius 2 is 1.09 bits per heavy atom. The Labute approximate surface area is 134 Å². The molecule has 0 spiro atoms. The predicted octanol–water partition coefficient (Wildman–Crippen LogP) is 0.832. The smallest absolute Gasteiger partial charge is 0.434 e. The Kier molecular flexibility index (Phi) is 14.4. The average Bonchev–Trinajstić information content (AvgIpc) is 2.51. The second-order valence-corrected chi connectivity index (χ2v) is 5.61. The van der Waals surface area contributed by atoms with Gasteiger partial charge < -0.3 is 32.4 Å². The summed E-state index contributed by atoms with van der Waals surface area (Å²) in [6.07, 6.45) is 6.18. The number of carbonyl (C=O) groups is 1. The Balaban J connectivity index is 3.39. The molecule has 2 atom stereocenters. The largest absolute Gasteiger partial charge is 0.508 e. The van der Waals surface area contributed by atoms with E-state index in [0.29, 0.717) is 26.3 Å². The molecule has 0 aromatic carbocycles. The van der Waals surface area contributed by atoms with Crippen molar-refractivity contribution >= 4 is 6.16 Å². The molecule has 132 valence electrons. The third-order valence-corrected chi connectivity index (χ3v) is 3.44. The highest BCUT2D eigenvalue weighted by molar-refractivity contribution is 5.59. The SMILES string of the molecule is NCCCC(N)CCCOC(=O)OCCCC(N)CCCN. The topological polar surface area (TPSA) is 140 Å². The van der Waals surface area contributed by atoms with E-state index in [4.69, 9.17) is 32.4 Å². The van der Waals surface area contributed by atoms with Crippen LogP contribution in [0.1, 0.15) is 51.4 Å². The average molecular weight is 318 g/mol. The number of hydrogen-bond donors (Lipinski definition) is 4. The first-order valence-corrected chi connectivity index (χ1v) is 8.31. The van der Waals surface area contributed by atoms with Crippen molar-refractivity contribution in [3.05, 3.63) is 0 Å². The van der Waals surface area contributed by atoms with Crippen LogP contribution in [0.5, 0.6) is 0 Å². The van der Waals surface area contributed by atoms with E-state index in [-0.39, 0.29) is 12.1 Å². The Hall–Kier alpha value is -0.890. The minimum absolute atomic E-state index is 0.123. The van der Waals surface area contributed by atoms with Crippen LogP contribution in [0.4, 0.5) is 4.79 Å². The van der Waals surface area contributed by atoms with Crippen molar-refractivity contribution in [2.75, 3.05) is 26.3 Å². The highest BCUT2D eigenvalue weighted by Gasteiger charge is 2.07. The summed E-state index contributed by atoms with van der Waals surface area (Å²) in [7, 11) is 0. The molecule has 0 saturated carbocycles. The van der Waals surface area contributed by atoms with Gasteiger partial charge in [0.05, 0.1) is 13.2 Å². The van der Waals surface area contributed by atoms with Crippen molar-refractivity contribution in [2.45, 2.75) is 63.5 Å². The number of ether oxygens (including phenoxy) is 2. The fraction of sp³-hybridized carbons (Fsp3) is 0.933. The molecule has 7 heteroatoms. The predicted molar refractivity (Wildman–Crippen MR) is 88.3 cm³/mol. The van der Waals surface area contributed by atoms with Gasteiger partial charge in [-0.1, -0.05) is 0 Å². The second-order valence-electron chi connectivity index (χ2n) is 5.61. The summed E-state index contributed by atoms with van der Waals surface area (Å²) < 4.78 is 9.96. The van der Waals surface area contributed by atoms with Gasteiger partial charge in [0.2, 0.25) is 0 Å². The lowest BCUT2D eigenvalue weighted by Crippen LogP contribution is -2.22. The lowest BCUT2D eigenvalue weighted by atomic mass is 10.1. The molecule has 0 rings (SSSR count). The fourth-order valence-corrected chi connectivity index (χ4v) is 2.09. The first-order valence-electron chi connectivity index (χ1n) is 8.31. The van der Waals surface area contributed by atoms with Gasteiger partial charge in [0.15, 0.2) is 0 Å². The maximum Gasteiger partial charge on any atom is 0.508 e. The van der Waals surface area contributed by atoms with Gasteiger partial charge in [-0.25, -0.2) is 4.79 Å². The molecule has 0 aliphatic heterocycles. The molecule has 0 heterocycles. The fourth-order valence-electron chi connectivity index (χ4n) is 2.09. The summed E-state index contributed by atoms with van der Waals surface area (Å²) >= 11 is 0. The van der Waals surface area contributed by atoms with Crippen LogP contribution < -0.4 is 22.9 Å². The quantitative estimate of drug-likeness (QED) is 0.275. The van der Waals surface area contributed by atoms with Crippen LogP contribution in [0.25, 0.3) is 0 Å². The lowest BCUT2D eigenvalue weighted by molar-refractivity contribution is 0.0523. The van der Waals surface area contributed by atoms with Gasteiger partial charge in [-0.05, 0) is 64.5 Å². The molecule has 0 saturated heterocycles. The lowest BCUT2D eigenvalue weighted by Gasteiger charge is -2.12. The van der Waals surface area contributed by atoms with Crippen LogP contribution in [-0.2, 0) is 9.47 Å². The van der Waals surface area contributed by atoms with Crippen LogP contribution in [0.15, 0.2) is 0 Å². The van der Waals surface area contributed by atoms with E-state index in [1.165, 1.54) is 0 Å². The van der Waals surface area contributed by atoms with Crippen LogP contribution >= 0.6 is 0 Å². The van der Waals surface area contributed by atoms with Crippen LogP contribution in [0, 0.1) is 0 Å². The van der Waals surface area contributed by atoms with Crippen molar-refractivity contribution in [1.29, 1.82) is 0 Å².